The predicted octanol–water partition coefficient (Wildman–Crippen LogP) is 6.84. The van der Waals surface area contributed by atoms with E-state index in [1.807, 2.05) is 12.1 Å². The van der Waals surface area contributed by atoms with E-state index in [9.17, 15) is 4.57 Å². The largest absolute Gasteiger partial charge is 0.494 e. The van der Waals surface area contributed by atoms with Crippen LogP contribution in [0.25, 0.3) is 11.0 Å². The number of aromatic nitrogens is 4. The summed E-state index contributed by atoms with van der Waals surface area (Å²) in [6.45, 7) is 10.1. The molecule has 0 atom stereocenters. The third kappa shape index (κ3) is 7.26. The molecule has 2 aliphatic rings. The van der Waals surface area contributed by atoms with Gasteiger partial charge in [0.05, 0.1) is 33.8 Å². The summed E-state index contributed by atoms with van der Waals surface area (Å²) in [5.41, 5.74) is 5.16. The second kappa shape index (κ2) is 13.6. The van der Waals surface area contributed by atoms with Crippen LogP contribution >= 0.6 is 23.1 Å². The molecule has 10 nitrogen and oxygen atoms in total. The van der Waals surface area contributed by atoms with Crippen molar-refractivity contribution >= 4 is 68.2 Å². The van der Waals surface area contributed by atoms with E-state index in [0.717, 1.165) is 36.4 Å². The number of nitrogens with one attached hydrogen (secondary N) is 3. The molecule has 0 amide bonds. The van der Waals surface area contributed by atoms with Crippen molar-refractivity contribution in [3.8, 4) is 5.75 Å². The third-order valence-electron chi connectivity index (χ3n) is 8.99. The molecule has 3 N–H and O–H groups in total. The molecule has 2 aliphatic heterocycles. The third-order valence-corrected chi connectivity index (χ3v) is 11.1. The molecule has 2 fully saturated rings. The Hall–Kier alpha value is -3.27. The lowest BCUT2D eigenvalue weighted by Gasteiger charge is -2.36. The number of ether oxygens (including phenoxy) is 1. The lowest BCUT2D eigenvalue weighted by Crippen LogP contribution is -2.36. The number of benzene rings is 2. The molecule has 238 valence electrons. The van der Waals surface area contributed by atoms with Gasteiger partial charge in [0.15, 0.2) is 0 Å². The molecule has 45 heavy (non-hydrogen) atoms. The van der Waals surface area contributed by atoms with Gasteiger partial charge in [-0.2, -0.15) is 4.98 Å². The van der Waals surface area contributed by atoms with Crippen molar-refractivity contribution < 1.29 is 9.30 Å². The first-order chi connectivity index (χ1) is 21.7. The van der Waals surface area contributed by atoms with Crippen LogP contribution in [0.3, 0.4) is 0 Å². The number of piperidine rings is 2. The van der Waals surface area contributed by atoms with Crippen LogP contribution in [0.2, 0.25) is 0 Å². The van der Waals surface area contributed by atoms with E-state index >= 15 is 0 Å². The molecule has 0 spiro atoms. The number of rotatable bonds is 9. The summed E-state index contributed by atoms with van der Waals surface area (Å²) in [5, 5.41) is 10.9. The number of halogens is 1. The number of hydrogen-bond donors (Lipinski definition) is 3. The van der Waals surface area contributed by atoms with Crippen LogP contribution in [-0.4, -0.2) is 66.6 Å². The van der Waals surface area contributed by atoms with E-state index < -0.39 is 7.14 Å². The average Bonchev–Trinajstić information content (AvgIpc) is 3.03. The van der Waals surface area contributed by atoms with Gasteiger partial charge in [-0.15, -0.1) is 0 Å². The van der Waals surface area contributed by atoms with Gasteiger partial charge >= 0.3 is 0 Å². The van der Waals surface area contributed by atoms with E-state index in [1.54, 1.807) is 39.0 Å². The Balaban J connectivity index is 1.19. The minimum absolute atomic E-state index is 0.406. The zero-order chi connectivity index (χ0) is 31.6. The SMILES string of the molecule is COc1cc(N2CCC(CC3CCNCC3)CC2)c(C)cc1Nc1ncc(Br)c(Nc2ccc3nccnc3c2P(C)(C)=O)n1. The van der Waals surface area contributed by atoms with Crippen molar-refractivity contribution in [3.63, 3.8) is 0 Å². The molecule has 2 saturated heterocycles. The van der Waals surface area contributed by atoms with E-state index in [-0.39, 0.29) is 0 Å². The number of hydrogen-bond acceptors (Lipinski definition) is 10. The second-order valence-electron chi connectivity index (χ2n) is 12.6. The molecule has 2 aromatic carbocycles. The Bertz CT molecular complexity index is 1720. The van der Waals surface area contributed by atoms with Crippen LogP contribution in [0.5, 0.6) is 5.75 Å². The van der Waals surface area contributed by atoms with Gasteiger partial charge in [0.2, 0.25) is 5.95 Å². The summed E-state index contributed by atoms with van der Waals surface area (Å²) in [6.07, 6.45) is 11.4. The Labute approximate surface area is 273 Å². The minimum Gasteiger partial charge on any atom is -0.494 e. The Morgan fingerprint density at radius 2 is 1.73 bits per heavy atom. The van der Waals surface area contributed by atoms with Crippen molar-refractivity contribution in [2.75, 3.05) is 62.2 Å². The standard InChI is InChI=1S/C33H42BrN8O2P/c1-21-17-27(29(44-2)19-28(21)42-15-9-23(10-16-42)18-22-7-11-35-12-8-22)40-33-38-20-24(34)32(41-33)39-26-6-5-25-30(37-14-13-36-25)31(26)45(3,4)43/h5-6,13-14,17,19-20,22-23,35H,7-12,15-16,18H2,1-4H3,(H2,38,39,40,41). The summed E-state index contributed by atoms with van der Waals surface area (Å²) < 4.78 is 19.9. The number of fused-ring (bicyclic) bond motifs is 1. The molecule has 0 aliphatic carbocycles. The van der Waals surface area contributed by atoms with Crippen molar-refractivity contribution in [2.24, 2.45) is 11.8 Å². The molecule has 4 heterocycles. The molecule has 4 aromatic rings. The maximum absolute atomic E-state index is 13.4. The lowest BCUT2D eigenvalue weighted by atomic mass is 9.83. The highest BCUT2D eigenvalue weighted by Crippen LogP contribution is 2.42. The zero-order valence-corrected chi connectivity index (χ0v) is 28.9. The lowest BCUT2D eigenvalue weighted by molar-refractivity contribution is 0.268. The topological polar surface area (TPSA) is 117 Å². The summed E-state index contributed by atoms with van der Waals surface area (Å²) in [5.74, 6) is 3.38. The molecule has 0 unspecified atom stereocenters. The van der Waals surface area contributed by atoms with Crippen LogP contribution in [-0.2, 0) is 4.57 Å². The fourth-order valence-corrected chi connectivity index (χ4v) is 8.40. The highest BCUT2D eigenvalue weighted by atomic mass is 79.9. The molecule has 2 aromatic heterocycles. The van der Waals surface area contributed by atoms with Crippen molar-refractivity contribution in [3.05, 3.63) is 52.9 Å². The van der Waals surface area contributed by atoms with Gasteiger partial charge in [0.25, 0.3) is 0 Å². The fraction of sp³-hybridized carbons (Fsp3) is 0.455. The van der Waals surface area contributed by atoms with Crippen molar-refractivity contribution in [1.82, 2.24) is 25.3 Å². The van der Waals surface area contributed by atoms with Crippen LogP contribution in [0.1, 0.15) is 37.7 Å². The quantitative estimate of drug-likeness (QED) is 0.161. The average molecular weight is 694 g/mol. The van der Waals surface area contributed by atoms with Crippen molar-refractivity contribution in [2.45, 2.75) is 39.0 Å². The number of nitrogens with zero attached hydrogens (tertiary/aromatic N) is 5. The van der Waals surface area contributed by atoms with Gasteiger partial charge in [-0.05, 0) is 117 Å². The second-order valence-corrected chi connectivity index (χ2v) is 16.6. The summed E-state index contributed by atoms with van der Waals surface area (Å²) in [6, 6.07) is 7.98. The summed E-state index contributed by atoms with van der Waals surface area (Å²) in [7, 11) is -1.03. The van der Waals surface area contributed by atoms with Gasteiger partial charge in [-0.3, -0.25) is 9.97 Å². The first-order valence-corrected chi connectivity index (χ1v) is 19.1. The predicted molar refractivity (Wildman–Crippen MR) is 188 cm³/mol. The monoisotopic (exact) mass is 692 g/mol. The van der Waals surface area contributed by atoms with E-state index in [1.165, 1.54) is 56.4 Å². The molecule has 12 heteroatoms. The van der Waals surface area contributed by atoms with Crippen LogP contribution in [0, 0.1) is 18.8 Å². The maximum atomic E-state index is 13.4. The van der Waals surface area contributed by atoms with E-state index in [0.29, 0.717) is 38.3 Å². The van der Waals surface area contributed by atoms with Gasteiger partial charge in [0, 0.05) is 43.4 Å². The van der Waals surface area contributed by atoms with Crippen LogP contribution in [0.15, 0.2) is 47.3 Å². The van der Waals surface area contributed by atoms with Gasteiger partial charge in [-0.25, -0.2) is 4.98 Å². The Morgan fingerprint density at radius 1 is 1.00 bits per heavy atom. The number of methoxy groups -OCH3 is 1. The normalized spacial score (nSPS) is 16.6. The van der Waals surface area contributed by atoms with Crippen LogP contribution in [0.4, 0.5) is 28.8 Å². The molecular formula is C33H42BrN8O2P. The number of anilines is 5. The van der Waals surface area contributed by atoms with E-state index in [2.05, 4.69) is 70.8 Å². The molecular weight excluding hydrogens is 651 g/mol. The summed E-state index contributed by atoms with van der Waals surface area (Å²) in [4.78, 5) is 20.7. The first-order valence-electron chi connectivity index (χ1n) is 15.7. The first kappa shape index (κ1) is 31.7. The van der Waals surface area contributed by atoms with Crippen LogP contribution < -0.4 is 30.9 Å². The molecule has 6 rings (SSSR count). The van der Waals surface area contributed by atoms with E-state index in [4.69, 9.17) is 9.72 Å². The fourth-order valence-electron chi connectivity index (χ4n) is 6.71. The van der Waals surface area contributed by atoms with Crippen molar-refractivity contribution in [1.29, 1.82) is 0 Å². The minimum atomic E-state index is -2.73. The summed E-state index contributed by atoms with van der Waals surface area (Å²) >= 11 is 3.58. The Morgan fingerprint density at radius 3 is 2.47 bits per heavy atom. The molecule has 0 saturated carbocycles. The van der Waals surface area contributed by atoms with Gasteiger partial charge in [-0.1, -0.05) is 0 Å². The van der Waals surface area contributed by atoms with Gasteiger partial charge in [0.1, 0.15) is 24.2 Å². The Kier molecular flexibility index (Phi) is 9.59. The highest BCUT2D eigenvalue weighted by molar-refractivity contribution is 9.10. The molecule has 0 bridgehead atoms. The highest BCUT2D eigenvalue weighted by Gasteiger charge is 2.26. The zero-order valence-electron chi connectivity index (χ0n) is 26.4. The number of aryl methyl sites for hydroxylation is 1. The maximum Gasteiger partial charge on any atom is 0.229 e. The smallest absolute Gasteiger partial charge is 0.229 e. The molecule has 0 radical (unpaired) electrons. The van der Waals surface area contributed by atoms with Gasteiger partial charge < -0.3 is 30.2 Å².